The van der Waals surface area contributed by atoms with Crippen molar-refractivity contribution >= 4 is 41.2 Å². The summed E-state index contributed by atoms with van der Waals surface area (Å²) in [5, 5.41) is 0. The molecule has 0 amide bonds. The molecule has 0 radical (unpaired) electrons. The Bertz CT molecular complexity index is 945. The van der Waals surface area contributed by atoms with Crippen molar-refractivity contribution in [3.05, 3.63) is 35.9 Å². The normalized spacial score (nSPS) is 23.7. The minimum atomic E-state index is -1.61. The molecule has 7 rings (SSSR count). The topological polar surface area (TPSA) is 55.4 Å². The first kappa shape index (κ1) is 46.0. The van der Waals surface area contributed by atoms with Crippen LogP contribution in [0.3, 0.4) is 0 Å². The predicted octanol–water partition coefficient (Wildman–Crippen LogP) is 15.3. The van der Waals surface area contributed by atoms with Crippen LogP contribution in [0.1, 0.15) is 198 Å². The van der Waals surface area contributed by atoms with Crippen LogP contribution in [0.4, 0.5) is 0 Å². The zero-order valence-corrected chi connectivity index (χ0v) is 38.1. The van der Waals surface area contributed by atoms with Crippen LogP contribution in [0.2, 0.25) is 0 Å². The van der Waals surface area contributed by atoms with Crippen LogP contribution in [-0.4, -0.2) is 41.2 Å². The molecule has 6 aliphatic rings. The van der Waals surface area contributed by atoms with Crippen LogP contribution in [-0.2, 0) is 40.7 Å². The summed E-state index contributed by atoms with van der Waals surface area (Å²) in [6, 6.07) is 9.89. The average molecular weight is 919 g/mol. The van der Waals surface area contributed by atoms with Crippen LogP contribution in [0.15, 0.2) is 30.3 Å². The van der Waals surface area contributed by atoms with Crippen molar-refractivity contribution < 1.29 is 40.7 Å². The maximum absolute atomic E-state index is 6.32. The third kappa shape index (κ3) is 19.8. The van der Waals surface area contributed by atoms with Gasteiger partial charge in [-0.1, -0.05) is 116 Å². The molecule has 0 saturated heterocycles. The first-order valence-corrected chi connectivity index (χ1v) is 29.7. The van der Waals surface area contributed by atoms with E-state index in [1.165, 1.54) is 193 Å². The van der Waals surface area contributed by atoms with E-state index in [2.05, 4.69) is 0 Å². The first-order chi connectivity index (χ1) is 26.6. The number of benzene rings is 1. The summed E-state index contributed by atoms with van der Waals surface area (Å²) in [6.07, 6.45) is 40.5. The first-order valence-electron chi connectivity index (χ1n) is 22.1. The molecule has 0 aromatic heterocycles. The van der Waals surface area contributed by atoms with Crippen molar-refractivity contribution in [3.63, 3.8) is 0 Å². The van der Waals surface area contributed by atoms with Gasteiger partial charge in [0.2, 0.25) is 0 Å². The summed E-state index contributed by atoms with van der Waals surface area (Å²) < 4.78 is 39.8. The molecule has 6 nitrogen and oxygen atoms in total. The molecule has 54 heavy (non-hydrogen) atoms. The fourth-order valence-electron chi connectivity index (χ4n) is 8.51. The summed E-state index contributed by atoms with van der Waals surface area (Å²) in [6.45, 7) is 0. The van der Waals surface area contributed by atoms with E-state index in [9.17, 15) is 0 Å². The molecule has 312 valence electrons. The summed E-state index contributed by atoms with van der Waals surface area (Å²) in [5.41, 5.74) is 1.12. The number of hydrogen-bond acceptors (Lipinski definition) is 6. The predicted molar refractivity (Wildman–Crippen MR) is 225 cm³/mol. The molecular formula is C43H72Cl2O6P2Ru. The van der Waals surface area contributed by atoms with Gasteiger partial charge in [-0.15, -0.1) is 0 Å². The molecule has 0 bridgehead atoms. The Morgan fingerprint density at radius 2 is 0.593 bits per heavy atom. The maximum atomic E-state index is 6.32. The molecule has 0 heterocycles. The fourth-order valence-corrected chi connectivity index (χ4v) is 13.4. The second-order valence-corrected chi connectivity index (χ2v) is 24.2. The molecule has 0 spiro atoms. The van der Waals surface area contributed by atoms with Crippen LogP contribution in [0.5, 0.6) is 0 Å². The van der Waals surface area contributed by atoms with Gasteiger partial charge in [-0.05, 0) is 77.0 Å². The van der Waals surface area contributed by atoms with E-state index in [0.717, 1.165) is 5.56 Å². The Kier molecular flexibility index (Phi) is 24.2. The van der Waals surface area contributed by atoms with Gasteiger partial charge in [-0.25, -0.2) is 0 Å². The van der Waals surface area contributed by atoms with Gasteiger partial charge < -0.3 is 27.1 Å². The van der Waals surface area contributed by atoms with E-state index >= 15 is 0 Å². The van der Waals surface area contributed by atoms with E-state index in [-0.39, 0.29) is 0 Å². The van der Waals surface area contributed by atoms with E-state index in [0.29, 0.717) is 36.6 Å². The quantitative estimate of drug-likeness (QED) is 0.145. The van der Waals surface area contributed by atoms with Crippen molar-refractivity contribution in [1.29, 1.82) is 0 Å². The molecule has 0 unspecified atom stereocenters. The summed E-state index contributed by atoms with van der Waals surface area (Å²) >= 11 is -1.61. The Hall–Kier alpha value is 0.913. The Morgan fingerprint density at radius 3 is 0.796 bits per heavy atom. The molecule has 6 saturated carbocycles. The average Bonchev–Trinajstić information content (AvgIpc) is 3.21. The zero-order chi connectivity index (χ0) is 37.5. The van der Waals surface area contributed by atoms with Crippen LogP contribution in [0, 0.1) is 0 Å². The van der Waals surface area contributed by atoms with Crippen molar-refractivity contribution in [2.75, 3.05) is 0 Å². The third-order valence-corrected chi connectivity index (χ3v) is 16.4. The van der Waals surface area contributed by atoms with Gasteiger partial charge in [0.05, 0.1) is 36.6 Å². The van der Waals surface area contributed by atoms with Gasteiger partial charge in [0.15, 0.2) is 0 Å². The molecule has 1 aromatic carbocycles. The van der Waals surface area contributed by atoms with E-state index < -0.39 is 30.7 Å². The van der Waals surface area contributed by atoms with E-state index in [4.69, 9.17) is 46.5 Å². The molecule has 11 heteroatoms. The third-order valence-electron chi connectivity index (χ3n) is 11.7. The van der Waals surface area contributed by atoms with Crippen LogP contribution < -0.4 is 0 Å². The molecular weight excluding hydrogens is 846 g/mol. The van der Waals surface area contributed by atoms with Gasteiger partial charge in [0, 0.05) is 0 Å². The SMILES string of the molecule is C1CCC(OP(OC2CCCCC2)OC2CCCCC2)CC1.C1CCC(OP(OC2CCCCC2)OC2CCCCC2)CC1.[Cl][Ru]([Cl])=[CH]c1ccccc1. The van der Waals surface area contributed by atoms with Gasteiger partial charge in [-0.2, -0.15) is 0 Å². The number of halogens is 2. The molecule has 0 aliphatic heterocycles. The summed E-state index contributed by atoms with van der Waals surface area (Å²) in [4.78, 5) is 0. The molecule has 1 aromatic rings. The Balaban J connectivity index is 0.000000167. The van der Waals surface area contributed by atoms with Gasteiger partial charge in [0.1, 0.15) is 0 Å². The van der Waals surface area contributed by atoms with Crippen molar-refractivity contribution in [2.45, 2.75) is 229 Å². The Morgan fingerprint density at radius 1 is 0.370 bits per heavy atom. The zero-order valence-electron chi connectivity index (χ0n) is 33.1. The van der Waals surface area contributed by atoms with Crippen molar-refractivity contribution in [2.24, 2.45) is 0 Å². The minimum absolute atomic E-state index is 0.382. The molecule has 6 fully saturated rings. The van der Waals surface area contributed by atoms with Crippen molar-refractivity contribution in [3.8, 4) is 0 Å². The van der Waals surface area contributed by atoms with E-state index in [1.807, 2.05) is 34.9 Å². The second kappa shape index (κ2) is 28.4. The van der Waals surface area contributed by atoms with Crippen LogP contribution in [0.25, 0.3) is 0 Å². The van der Waals surface area contributed by atoms with Gasteiger partial charge in [-0.3, -0.25) is 0 Å². The number of hydrogen-bond donors (Lipinski definition) is 0. The fraction of sp³-hybridized carbons (Fsp3) is 0.837. The molecule has 0 atom stereocenters. The van der Waals surface area contributed by atoms with Crippen molar-refractivity contribution in [1.82, 2.24) is 0 Å². The molecule has 0 N–H and O–H groups in total. The van der Waals surface area contributed by atoms with Gasteiger partial charge >= 0.3 is 90.6 Å². The number of rotatable bonds is 13. The van der Waals surface area contributed by atoms with Gasteiger partial charge in [0.25, 0.3) is 0 Å². The summed E-state index contributed by atoms with van der Waals surface area (Å²) in [5.74, 6) is 0. The van der Waals surface area contributed by atoms with Crippen LogP contribution >= 0.6 is 36.6 Å². The monoisotopic (exact) mass is 918 g/mol. The Labute approximate surface area is 345 Å². The molecule has 6 aliphatic carbocycles. The van der Waals surface area contributed by atoms with E-state index in [1.54, 1.807) is 0 Å². The second-order valence-electron chi connectivity index (χ2n) is 16.4. The summed E-state index contributed by atoms with van der Waals surface area (Å²) in [7, 11) is 9.07. The standard InChI is InChI=1S/2C18H33O3P.C7H6.2ClH.Ru/c2*1-4-10-16(11-5-1)19-22(20-17-12-6-2-7-13-17)21-18-14-8-3-9-15-18;1-7-5-3-2-4-6-7;;;/h2*16-18H,1-15H2;1-6H;2*1H;/q;;;;;+2/p-2.